The fourth-order valence-electron chi connectivity index (χ4n) is 3.12. The summed E-state index contributed by atoms with van der Waals surface area (Å²) < 4.78 is 0. The fraction of sp³-hybridized carbons (Fsp3) is 0.923. The van der Waals surface area contributed by atoms with E-state index in [-0.39, 0.29) is 0 Å². The SMILES string of the molecule is CC[CH]C1CCN(C2CCCC2)CC1. The Labute approximate surface area is 88.9 Å². The first-order chi connectivity index (χ1) is 6.90. The molecule has 14 heavy (non-hydrogen) atoms. The van der Waals surface area contributed by atoms with Crippen molar-refractivity contribution in [1.29, 1.82) is 0 Å². The van der Waals surface area contributed by atoms with E-state index in [2.05, 4.69) is 18.2 Å². The lowest BCUT2D eigenvalue weighted by Crippen LogP contribution is -2.40. The van der Waals surface area contributed by atoms with E-state index in [1.54, 1.807) is 0 Å². The predicted octanol–water partition coefficient (Wildman–Crippen LogP) is 3.26. The van der Waals surface area contributed by atoms with Crippen LogP contribution in [0.4, 0.5) is 0 Å². The van der Waals surface area contributed by atoms with E-state index < -0.39 is 0 Å². The molecule has 0 aromatic carbocycles. The van der Waals surface area contributed by atoms with Gasteiger partial charge in [0.2, 0.25) is 0 Å². The predicted molar refractivity (Wildman–Crippen MR) is 61.1 cm³/mol. The molecule has 1 nitrogen and oxygen atoms in total. The summed E-state index contributed by atoms with van der Waals surface area (Å²) in [5, 5.41) is 0. The molecule has 1 aliphatic heterocycles. The van der Waals surface area contributed by atoms with Gasteiger partial charge in [-0.2, -0.15) is 0 Å². The number of likely N-dealkylation sites (tertiary alicyclic amines) is 1. The molecule has 0 N–H and O–H groups in total. The van der Waals surface area contributed by atoms with Crippen molar-refractivity contribution in [2.45, 2.75) is 57.9 Å². The van der Waals surface area contributed by atoms with E-state index in [1.165, 1.54) is 58.0 Å². The Morgan fingerprint density at radius 2 is 1.71 bits per heavy atom. The monoisotopic (exact) mass is 194 g/mol. The van der Waals surface area contributed by atoms with Crippen LogP contribution < -0.4 is 0 Å². The maximum absolute atomic E-state index is 2.76. The van der Waals surface area contributed by atoms with Gasteiger partial charge < -0.3 is 4.90 Å². The smallest absolute Gasteiger partial charge is 0.00952 e. The number of piperidine rings is 1. The van der Waals surface area contributed by atoms with Gasteiger partial charge in [-0.3, -0.25) is 0 Å². The first kappa shape index (κ1) is 10.5. The number of rotatable bonds is 3. The lowest BCUT2D eigenvalue weighted by atomic mass is 9.91. The Balaban J connectivity index is 1.72. The third kappa shape index (κ3) is 2.50. The van der Waals surface area contributed by atoms with Gasteiger partial charge in [0.25, 0.3) is 0 Å². The summed E-state index contributed by atoms with van der Waals surface area (Å²) in [6.45, 7) is 5.00. The fourth-order valence-corrected chi connectivity index (χ4v) is 3.12. The lowest BCUT2D eigenvalue weighted by Gasteiger charge is -2.35. The van der Waals surface area contributed by atoms with Crippen molar-refractivity contribution in [3.05, 3.63) is 6.42 Å². The Kier molecular flexibility index (Phi) is 3.86. The molecule has 1 aliphatic carbocycles. The van der Waals surface area contributed by atoms with Crippen LogP contribution in [0.2, 0.25) is 0 Å². The lowest BCUT2D eigenvalue weighted by molar-refractivity contribution is 0.142. The molecular weight excluding hydrogens is 170 g/mol. The highest BCUT2D eigenvalue weighted by molar-refractivity contribution is 4.85. The average molecular weight is 194 g/mol. The van der Waals surface area contributed by atoms with Crippen LogP contribution in [0.5, 0.6) is 0 Å². The van der Waals surface area contributed by atoms with Gasteiger partial charge in [-0.1, -0.05) is 26.2 Å². The van der Waals surface area contributed by atoms with Crippen molar-refractivity contribution in [2.24, 2.45) is 5.92 Å². The quantitative estimate of drug-likeness (QED) is 0.666. The average Bonchev–Trinajstić information content (AvgIpc) is 2.72. The molecule has 2 rings (SSSR count). The maximum Gasteiger partial charge on any atom is 0.00952 e. The zero-order valence-corrected chi connectivity index (χ0v) is 9.54. The van der Waals surface area contributed by atoms with E-state index in [0.717, 1.165) is 12.0 Å². The first-order valence-electron chi connectivity index (χ1n) is 6.47. The molecular formula is C13H24N. The van der Waals surface area contributed by atoms with Gasteiger partial charge in [-0.05, 0) is 51.1 Å². The van der Waals surface area contributed by atoms with Gasteiger partial charge in [0.05, 0.1) is 0 Å². The highest BCUT2D eigenvalue weighted by Crippen LogP contribution is 2.28. The van der Waals surface area contributed by atoms with E-state index in [1.807, 2.05) is 0 Å². The standard InChI is InChI=1S/C13H24N/c1-2-5-12-8-10-14(11-9-12)13-6-3-4-7-13/h5,12-13H,2-4,6-11H2,1H3. The Bertz CT molecular complexity index is 153. The minimum atomic E-state index is 0.928. The molecule has 1 heteroatoms. The molecule has 1 radical (unpaired) electrons. The van der Waals surface area contributed by atoms with Crippen LogP contribution in [0, 0.1) is 12.3 Å². The summed E-state index contributed by atoms with van der Waals surface area (Å²) in [5.41, 5.74) is 0. The molecule has 0 unspecified atom stereocenters. The van der Waals surface area contributed by atoms with Crippen molar-refractivity contribution in [3.8, 4) is 0 Å². The molecule has 1 saturated carbocycles. The summed E-state index contributed by atoms with van der Waals surface area (Å²) in [6.07, 6.45) is 12.5. The van der Waals surface area contributed by atoms with Crippen LogP contribution >= 0.6 is 0 Å². The molecule has 0 atom stereocenters. The van der Waals surface area contributed by atoms with Crippen molar-refractivity contribution >= 4 is 0 Å². The summed E-state index contributed by atoms with van der Waals surface area (Å²) in [6, 6.07) is 0.956. The minimum Gasteiger partial charge on any atom is -0.300 e. The normalized spacial score (nSPS) is 27.2. The number of nitrogens with zero attached hydrogens (tertiary/aromatic N) is 1. The van der Waals surface area contributed by atoms with Gasteiger partial charge in [-0.15, -0.1) is 0 Å². The molecule has 2 aliphatic rings. The molecule has 1 heterocycles. The topological polar surface area (TPSA) is 3.24 Å². The Morgan fingerprint density at radius 1 is 1.07 bits per heavy atom. The second-order valence-corrected chi connectivity index (χ2v) is 4.96. The third-order valence-electron chi connectivity index (χ3n) is 3.98. The van der Waals surface area contributed by atoms with Gasteiger partial charge in [0.1, 0.15) is 0 Å². The highest BCUT2D eigenvalue weighted by atomic mass is 15.2. The molecule has 0 spiro atoms. The Hall–Kier alpha value is -0.0400. The largest absolute Gasteiger partial charge is 0.300 e. The molecule has 0 bridgehead atoms. The zero-order valence-electron chi connectivity index (χ0n) is 9.54. The number of hydrogen-bond acceptors (Lipinski definition) is 1. The van der Waals surface area contributed by atoms with E-state index in [9.17, 15) is 0 Å². The van der Waals surface area contributed by atoms with Crippen LogP contribution in [0.25, 0.3) is 0 Å². The van der Waals surface area contributed by atoms with Gasteiger partial charge >= 0.3 is 0 Å². The number of hydrogen-bond donors (Lipinski definition) is 0. The van der Waals surface area contributed by atoms with Crippen LogP contribution in [0.3, 0.4) is 0 Å². The van der Waals surface area contributed by atoms with Gasteiger partial charge in [0, 0.05) is 6.04 Å². The summed E-state index contributed by atoms with van der Waals surface area (Å²) in [5.74, 6) is 0.928. The van der Waals surface area contributed by atoms with Crippen LogP contribution in [-0.4, -0.2) is 24.0 Å². The second kappa shape index (κ2) is 5.16. The van der Waals surface area contributed by atoms with E-state index >= 15 is 0 Å². The summed E-state index contributed by atoms with van der Waals surface area (Å²) in [4.78, 5) is 2.76. The molecule has 0 aromatic rings. The van der Waals surface area contributed by atoms with E-state index in [0.29, 0.717) is 0 Å². The summed E-state index contributed by atoms with van der Waals surface area (Å²) in [7, 11) is 0. The molecule has 0 amide bonds. The van der Waals surface area contributed by atoms with Crippen molar-refractivity contribution in [3.63, 3.8) is 0 Å². The van der Waals surface area contributed by atoms with Crippen molar-refractivity contribution in [2.75, 3.05) is 13.1 Å². The second-order valence-electron chi connectivity index (χ2n) is 4.96. The van der Waals surface area contributed by atoms with Gasteiger partial charge in [0.15, 0.2) is 0 Å². The van der Waals surface area contributed by atoms with Crippen molar-refractivity contribution < 1.29 is 0 Å². The molecule has 0 aromatic heterocycles. The van der Waals surface area contributed by atoms with Crippen LogP contribution in [-0.2, 0) is 0 Å². The zero-order chi connectivity index (χ0) is 9.80. The third-order valence-corrected chi connectivity index (χ3v) is 3.98. The van der Waals surface area contributed by atoms with Crippen molar-refractivity contribution in [1.82, 2.24) is 4.90 Å². The highest BCUT2D eigenvalue weighted by Gasteiger charge is 2.26. The molecule has 2 fully saturated rings. The van der Waals surface area contributed by atoms with Crippen LogP contribution in [0.15, 0.2) is 0 Å². The van der Waals surface area contributed by atoms with Gasteiger partial charge in [-0.25, -0.2) is 0 Å². The minimum absolute atomic E-state index is 0.928. The Morgan fingerprint density at radius 3 is 2.29 bits per heavy atom. The summed E-state index contributed by atoms with van der Waals surface area (Å²) >= 11 is 0. The molecule has 81 valence electrons. The maximum atomic E-state index is 2.76. The first-order valence-corrected chi connectivity index (χ1v) is 6.47. The van der Waals surface area contributed by atoms with Crippen LogP contribution in [0.1, 0.15) is 51.9 Å². The molecule has 1 saturated heterocycles. The van der Waals surface area contributed by atoms with E-state index in [4.69, 9.17) is 0 Å².